The first kappa shape index (κ1) is 14.3. The van der Waals surface area contributed by atoms with Gasteiger partial charge in [-0.05, 0) is 19.8 Å². The van der Waals surface area contributed by atoms with E-state index < -0.39 is 11.2 Å². The zero-order chi connectivity index (χ0) is 12.0. The van der Waals surface area contributed by atoms with Crippen LogP contribution in [0.25, 0.3) is 0 Å². The molecular weight excluding hydrogens is 212 g/mol. The van der Waals surface area contributed by atoms with E-state index in [1.807, 2.05) is 6.92 Å². The summed E-state index contributed by atoms with van der Waals surface area (Å²) < 4.78 is 0. The molecule has 0 rings (SSSR count). The highest BCUT2D eigenvalue weighted by atomic mass is 32.2. The van der Waals surface area contributed by atoms with E-state index in [0.717, 1.165) is 18.2 Å². The van der Waals surface area contributed by atoms with Gasteiger partial charge in [0.2, 0.25) is 0 Å². The lowest BCUT2D eigenvalue weighted by Crippen LogP contribution is -2.21. The molecule has 0 aromatic rings. The molecular formula is C10H20N2O2S. The highest BCUT2D eigenvalue weighted by Crippen LogP contribution is 2.15. The van der Waals surface area contributed by atoms with Gasteiger partial charge in [0.1, 0.15) is 5.25 Å². The molecule has 0 aliphatic rings. The third-order valence-corrected chi connectivity index (χ3v) is 3.35. The van der Waals surface area contributed by atoms with Crippen molar-refractivity contribution in [2.24, 2.45) is 16.6 Å². The van der Waals surface area contributed by atoms with Crippen molar-refractivity contribution in [3.05, 3.63) is 0 Å². The van der Waals surface area contributed by atoms with Crippen molar-refractivity contribution < 1.29 is 9.90 Å². The van der Waals surface area contributed by atoms with Gasteiger partial charge in [-0.3, -0.25) is 9.79 Å². The van der Waals surface area contributed by atoms with Crippen LogP contribution >= 0.6 is 11.8 Å². The molecule has 15 heavy (non-hydrogen) atoms. The summed E-state index contributed by atoms with van der Waals surface area (Å²) in [6.45, 7) is 7.79. The van der Waals surface area contributed by atoms with Gasteiger partial charge in [0.15, 0.2) is 5.17 Å². The number of thioether (sulfide) groups is 1. The lowest BCUT2D eigenvalue weighted by atomic mass is 10.0. The molecule has 0 radical (unpaired) electrons. The van der Waals surface area contributed by atoms with E-state index in [9.17, 15) is 4.79 Å². The van der Waals surface area contributed by atoms with Gasteiger partial charge < -0.3 is 10.8 Å². The molecule has 0 aromatic carbocycles. The molecule has 3 N–H and O–H groups in total. The standard InChI is InChI=1S/C10H20N2O2S/c1-5-6(2)7(3)12-10(11)15-8(4)9(13)14/h6-8H,5H2,1-4H3,(H2,11,12)(H,13,14). The quantitative estimate of drug-likeness (QED) is 0.561. The molecule has 0 spiro atoms. The van der Waals surface area contributed by atoms with Crippen molar-refractivity contribution in [2.45, 2.75) is 45.4 Å². The van der Waals surface area contributed by atoms with Crippen molar-refractivity contribution >= 4 is 22.9 Å². The average molecular weight is 232 g/mol. The van der Waals surface area contributed by atoms with Crippen LogP contribution in [-0.4, -0.2) is 27.5 Å². The first-order valence-electron chi connectivity index (χ1n) is 5.11. The second-order valence-electron chi connectivity index (χ2n) is 3.69. The van der Waals surface area contributed by atoms with Crippen LogP contribution in [0, 0.1) is 5.92 Å². The van der Waals surface area contributed by atoms with Crippen molar-refractivity contribution in [1.82, 2.24) is 0 Å². The van der Waals surface area contributed by atoms with Gasteiger partial charge in [0.25, 0.3) is 0 Å². The maximum absolute atomic E-state index is 10.6. The van der Waals surface area contributed by atoms with Crippen LogP contribution < -0.4 is 5.73 Å². The second kappa shape index (κ2) is 6.71. The number of carbonyl (C=O) groups is 1. The van der Waals surface area contributed by atoms with Gasteiger partial charge >= 0.3 is 5.97 Å². The van der Waals surface area contributed by atoms with Crippen LogP contribution in [-0.2, 0) is 4.79 Å². The zero-order valence-electron chi connectivity index (χ0n) is 9.73. The Bertz CT molecular complexity index is 244. The van der Waals surface area contributed by atoms with E-state index in [0.29, 0.717) is 11.1 Å². The lowest BCUT2D eigenvalue weighted by Gasteiger charge is -2.15. The van der Waals surface area contributed by atoms with Crippen molar-refractivity contribution in [3.63, 3.8) is 0 Å². The van der Waals surface area contributed by atoms with E-state index in [1.165, 1.54) is 0 Å². The van der Waals surface area contributed by atoms with E-state index in [1.54, 1.807) is 6.92 Å². The molecule has 0 heterocycles. The Labute approximate surface area is 95.3 Å². The minimum Gasteiger partial charge on any atom is -0.480 e. The Hall–Kier alpha value is -0.710. The summed E-state index contributed by atoms with van der Waals surface area (Å²) in [5.41, 5.74) is 5.66. The molecule has 88 valence electrons. The number of nitrogens with zero attached hydrogens (tertiary/aromatic N) is 1. The Kier molecular flexibility index (Phi) is 6.40. The van der Waals surface area contributed by atoms with Crippen LogP contribution in [0.4, 0.5) is 0 Å². The fourth-order valence-electron chi connectivity index (χ4n) is 0.931. The summed E-state index contributed by atoms with van der Waals surface area (Å²) in [7, 11) is 0. The second-order valence-corrected chi connectivity index (χ2v) is 5.05. The number of aliphatic carboxylic acids is 1. The van der Waals surface area contributed by atoms with E-state index >= 15 is 0 Å². The summed E-state index contributed by atoms with van der Waals surface area (Å²) in [6, 6.07) is 0.142. The Morgan fingerprint density at radius 3 is 2.40 bits per heavy atom. The predicted molar refractivity (Wildman–Crippen MR) is 65.2 cm³/mol. The van der Waals surface area contributed by atoms with E-state index in [4.69, 9.17) is 10.8 Å². The normalized spacial score (nSPS) is 18.3. The van der Waals surface area contributed by atoms with Gasteiger partial charge in [-0.2, -0.15) is 0 Å². The highest BCUT2D eigenvalue weighted by molar-refractivity contribution is 8.14. The van der Waals surface area contributed by atoms with Crippen LogP contribution in [0.15, 0.2) is 4.99 Å². The smallest absolute Gasteiger partial charge is 0.316 e. The maximum Gasteiger partial charge on any atom is 0.316 e. The topological polar surface area (TPSA) is 75.7 Å². The fourth-order valence-corrected chi connectivity index (χ4v) is 1.62. The Morgan fingerprint density at radius 2 is 2.00 bits per heavy atom. The molecule has 0 bridgehead atoms. The third kappa shape index (κ3) is 5.67. The average Bonchev–Trinajstić information content (AvgIpc) is 2.15. The van der Waals surface area contributed by atoms with Gasteiger partial charge in [0.05, 0.1) is 6.04 Å². The number of rotatable bonds is 5. The fraction of sp³-hybridized carbons (Fsp3) is 0.800. The number of aliphatic imine (C=N–C) groups is 1. The number of hydrogen-bond donors (Lipinski definition) is 2. The molecule has 0 aromatic heterocycles. The monoisotopic (exact) mass is 232 g/mol. The first-order valence-corrected chi connectivity index (χ1v) is 5.99. The Balaban J connectivity index is 4.25. The van der Waals surface area contributed by atoms with Crippen LogP contribution in [0.1, 0.15) is 34.1 Å². The van der Waals surface area contributed by atoms with Crippen LogP contribution in [0.3, 0.4) is 0 Å². The number of hydrogen-bond acceptors (Lipinski definition) is 3. The molecule has 0 saturated carbocycles. The molecule has 4 nitrogen and oxygen atoms in total. The van der Waals surface area contributed by atoms with Gasteiger partial charge in [0, 0.05) is 0 Å². The SMILES string of the molecule is CCC(C)C(C)N=C(N)SC(C)C(=O)O. The molecule has 3 unspecified atom stereocenters. The zero-order valence-corrected chi connectivity index (χ0v) is 10.5. The van der Waals surface area contributed by atoms with E-state index in [-0.39, 0.29) is 6.04 Å². The summed E-state index contributed by atoms with van der Waals surface area (Å²) in [5, 5.41) is 8.50. The molecule has 3 atom stereocenters. The number of nitrogens with two attached hydrogens (primary N) is 1. The van der Waals surface area contributed by atoms with Crippen molar-refractivity contribution in [2.75, 3.05) is 0 Å². The van der Waals surface area contributed by atoms with Crippen molar-refractivity contribution in [1.29, 1.82) is 0 Å². The van der Waals surface area contributed by atoms with Gasteiger partial charge in [-0.15, -0.1) is 0 Å². The molecule has 0 amide bonds. The summed E-state index contributed by atoms with van der Waals surface area (Å²) >= 11 is 1.09. The molecule has 0 saturated heterocycles. The molecule has 5 heteroatoms. The van der Waals surface area contributed by atoms with Crippen molar-refractivity contribution in [3.8, 4) is 0 Å². The summed E-state index contributed by atoms with van der Waals surface area (Å²) in [6.07, 6.45) is 1.04. The third-order valence-electron chi connectivity index (χ3n) is 2.44. The van der Waals surface area contributed by atoms with Crippen LogP contribution in [0.5, 0.6) is 0 Å². The molecule has 0 aliphatic heterocycles. The molecule has 0 aliphatic carbocycles. The summed E-state index contributed by atoms with van der Waals surface area (Å²) in [4.78, 5) is 14.8. The largest absolute Gasteiger partial charge is 0.480 e. The van der Waals surface area contributed by atoms with Gasteiger partial charge in [-0.25, -0.2) is 0 Å². The minimum atomic E-state index is -0.866. The first-order chi connectivity index (χ1) is 6.88. The minimum absolute atomic E-state index is 0.142. The molecule has 0 fully saturated rings. The maximum atomic E-state index is 10.6. The predicted octanol–water partition coefficient (Wildman–Crippen LogP) is 1.94. The van der Waals surface area contributed by atoms with Gasteiger partial charge in [-0.1, -0.05) is 32.0 Å². The number of carboxylic acids is 1. The highest BCUT2D eigenvalue weighted by Gasteiger charge is 2.15. The number of amidine groups is 1. The lowest BCUT2D eigenvalue weighted by molar-refractivity contribution is -0.136. The van der Waals surface area contributed by atoms with Crippen LogP contribution in [0.2, 0.25) is 0 Å². The summed E-state index contributed by atoms with van der Waals surface area (Å²) in [5.74, 6) is -0.404. The van der Waals surface area contributed by atoms with E-state index in [2.05, 4.69) is 18.8 Å². The Morgan fingerprint density at radius 1 is 1.47 bits per heavy atom. The number of carboxylic acid groups (broad SMARTS) is 1.